The van der Waals surface area contributed by atoms with Gasteiger partial charge in [0.05, 0.1) is 18.0 Å². The number of aryl methyl sites for hydroxylation is 3. The second kappa shape index (κ2) is 9.48. The van der Waals surface area contributed by atoms with Crippen LogP contribution in [0.25, 0.3) is 16.9 Å². The monoisotopic (exact) mass is 446 g/mol. The van der Waals surface area contributed by atoms with E-state index in [2.05, 4.69) is 26.0 Å². The lowest BCUT2D eigenvalue weighted by Gasteiger charge is -2.34. The molecular weight excluding hydrogens is 416 g/mol. The summed E-state index contributed by atoms with van der Waals surface area (Å²) in [5.74, 6) is -0.0957. The van der Waals surface area contributed by atoms with Crippen LogP contribution < -0.4 is 0 Å². The molecule has 0 bridgehead atoms. The van der Waals surface area contributed by atoms with Gasteiger partial charge < -0.3 is 14.5 Å². The highest BCUT2D eigenvalue weighted by Crippen LogP contribution is 2.25. The molecular formula is C26H30N4O3. The summed E-state index contributed by atoms with van der Waals surface area (Å²) < 4.78 is 6.81. The third-order valence-electron chi connectivity index (χ3n) is 6.10. The van der Waals surface area contributed by atoms with E-state index in [1.54, 1.807) is 21.4 Å². The highest BCUT2D eigenvalue weighted by atomic mass is 16.6. The van der Waals surface area contributed by atoms with Gasteiger partial charge in [-0.3, -0.25) is 4.79 Å². The first-order valence-corrected chi connectivity index (χ1v) is 11.3. The fraction of sp³-hybridized carbons (Fsp3) is 0.346. The molecule has 1 aliphatic heterocycles. The molecule has 0 atom stereocenters. The molecule has 0 unspecified atom stereocenters. The van der Waals surface area contributed by atoms with Crippen molar-refractivity contribution in [1.82, 2.24) is 19.6 Å². The van der Waals surface area contributed by atoms with E-state index in [0.29, 0.717) is 38.5 Å². The summed E-state index contributed by atoms with van der Waals surface area (Å²) >= 11 is 0. The summed E-state index contributed by atoms with van der Waals surface area (Å²) in [5, 5.41) is 4.82. The molecule has 3 aromatic rings. The molecule has 0 N–H and O–H groups in total. The van der Waals surface area contributed by atoms with Gasteiger partial charge in [-0.25, -0.2) is 9.48 Å². The molecule has 0 spiro atoms. The first-order chi connectivity index (χ1) is 15.9. The van der Waals surface area contributed by atoms with Gasteiger partial charge in [-0.05, 0) is 63.1 Å². The van der Waals surface area contributed by atoms with Gasteiger partial charge in [0.1, 0.15) is 5.69 Å². The minimum absolute atomic E-state index is 0.0957. The van der Waals surface area contributed by atoms with Gasteiger partial charge in [-0.15, -0.1) is 0 Å². The third-order valence-corrected chi connectivity index (χ3v) is 6.10. The van der Waals surface area contributed by atoms with Crippen LogP contribution in [0.15, 0.2) is 48.5 Å². The number of amides is 2. The van der Waals surface area contributed by atoms with Crippen molar-refractivity contribution in [2.75, 3.05) is 32.8 Å². The Labute approximate surface area is 194 Å². The van der Waals surface area contributed by atoms with E-state index in [1.165, 1.54) is 11.1 Å². The van der Waals surface area contributed by atoms with Crippen LogP contribution in [0, 0.1) is 20.8 Å². The van der Waals surface area contributed by atoms with E-state index in [1.807, 2.05) is 43.3 Å². The maximum Gasteiger partial charge on any atom is 0.409 e. The largest absolute Gasteiger partial charge is 0.450 e. The highest BCUT2D eigenvalue weighted by Gasteiger charge is 2.28. The predicted octanol–water partition coefficient (Wildman–Crippen LogP) is 4.38. The fourth-order valence-corrected chi connectivity index (χ4v) is 3.93. The Bertz CT molecular complexity index is 1160. The highest BCUT2D eigenvalue weighted by molar-refractivity contribution is 5.94. The van der Waals surface area contributed by atoms with Crippen LogP contribution in [0.2, 0.25) is 0 Å². The molecule has 0 radical (unpaired) electrons. The van der Waals surface area contributed by atoms with E-state index in [9.17, 15) is 9.59 Å². The number of nitrogens with zero attached hydrogens (tertiary/aromatic N) is 4. The van der Waals surface area contributed by atoms with Crippen molar-refractivity contribution < 1.29 is 14.3 Å². The van der Waals surface area contributed by atoms with Crippen LogP contribution in [-0.4, -0.2) is 64.4 Å². The molecule has 7 nitrogen and oxygen atoms in total. The Morgan fingerprint density at radius 3 is 2.18 bits per heavy atom. The quantitative estimate of drug-likeness (QED) is 0.597. The van der Waals surface area contributed by atoms with Gasteiger partial charge in [-0.2, -0.15) is 5.10 Å². The van der Waals surface area contributed by atoms with Gasteiger partial charge in [-0.1, -0.05) is 29.8 Å². The number of carbonyl (C=O) groups excluding carboxylic acids is 2. The van der Waals surface area contributed by atoms with Crippen LogP contribution in [0.4, 0.5) is 4.79 Å². The smallest absolute Gasteiger partial charge is 0.409 e. The first-order valence-electron chi connectivity index (χ1n) is 11.3. The topological polar surface area (TPSA) is 67.7 Å². The molecule has 1 saturated heterocycles. The van der Waals surface area contributed by atoms with Crippen molar-refractivity contribution in [3.05, 3.63) is 70.9 Å². The number of carbonyl (C=O) groups is 2. The second-order valence-corrected chi connectivity index (χ2v) is 8.44. The molecule has 2 aromatic carbocycles. The maximum atomic E-state index is 13.6. The molecule has 2 amide bonds. The Morgan fingerprint density at radius 1 is 0.879 bits per heavy atom. The lowest BCUT2D eigenvalue weighted by molar-refractivity contribution is 0.0563. The molecule has 1 fully saturated rings. The van der Waals surface area contributed by atoms with Crippen LogP contribution in [-0.2, 0) is 4.74 Å². The lowest BCUT2D eigenvalue weighted by atomic mass is 10.0. The average Bonchev–Trinajstić information content (AvgIpc) is 3.26. The SMILES string of the molecule is CCOC(=O)N1CCN(C(=O)c2cc(-c3ccc(C)c(C)c3)nn2-c2ccc(C)cc2)CC1. The number of ether oxygens (including phenoxy) is 1. The molecule has 4 rings (SSSR count). The van der Waals surface area contributed by atoms with E-state index in [4.69, 9.17) is 9.84 Å². The van der Waals surface area contributed by atoms with E-state index >= 15 is 0 Å². The summed E-state index contributed by atoms with van der Waals surface area (Å²) in [6.07, 6.45) is -0.327. The average molecular weight is 447 g/mol. The number of aromatic nitrogens is 2. The number of piperazine rings is 1. The normalized spacial score (nSPS) is 13.8. The van der Waals surface area contributed by atoms with Crippen molar-refractivity contribution in [2.45, 2.75) is 27.7 Å². The standard InChI is InChI=1S/C26H30N4O3/c1-5-33-26(32)29-14-12-28(13-15-29)25(31)24-17-23(21-9-8-19(3)20(4)16-21)27-30(24)22-10-6-18(2)7-11-22/h6-11,16-17H,5,12-15H2,1-4H3. The van der Waals surface area contributed by atoms with Crippen molar-refractivity contribution in [3.8, 4) is 16.9 Å². The molecule has 1 aliphatic rings. The second-order valence-electron chi connectivity index (χ2n) is 8.44. The summed E-state index contributed by atoms with van der Waals surface area (Å²) in [4.78, 5) is 29.0. The Hall–Kier alpha value is -3.61. The summed E-state index contributed by atoms with van der Waals surface area (Å²) in [6.45, 7) is 10.1. The molecule has 172 valence electrons. The van der Waals surface area contributed by atoms with Gasteiger partial charge in [0.25, 0.3) is 5.91 Å². The summed E-state index contributed by atoms with van der Waals surface area (Å²) in [7, 11) is 0. The van der Waals surface area contributed by atoms with Crippen molar-refractivity contribution in [3.63, 3.8) is 0 Å². The minimum Gasteiger partial charge on any atom is -0.450 e. The fourth-order valence-electron chi connectivity index (χ4n) is 3.93. The third kappa shape index (κ3) is 4.77. The van der Waals surface area contributed by atoms with Crippen LogP contribution in [0.5, 0.6) is 0 Å². The zero-order valence-electron chi connectivity index (χ0n) is 19.7. The minimum atomic E-state index is -0.327. The number of hydrogen-bond donors (Lipinski definition) is 0. The molecule has 0 saturated carbocycles. The Balaban J connectivity index is 1.65. The van der Waals surface area contributed by atoms with Crippen LogP contribution >= 0.6 is 0 Å². The number of rotatable bonds is 4. The lowest BCUT2D eigenvalue weighted by Crippen LogP contribution is -2.51. The van der Waals surface area contributed by atoms with E-state index in [0.717, 1.165) is 22.5 Å². The molecule has 7 heteroatoms. The van der Waals surface area contributed by atoms with Crippen molar-refractivity contribution in [1.29, 1.82) is 0 Å². The van der Waals surface area contributed by atoms with E-state index in [-0.39, 0.29) is 12.0 Å². The Morgan fingerprint density at radius 2 is 1.55 bits per heavy atom. The van der Waals surface area contributed by atoms with Gasteiger partial charge >= 0.3 is 6.09 Å². The summed E-state index contributed by atoms with van der Waals surface area (Å²) in [6, 6.07) is 16.1. The predicted molar refractivity (Wildman–Crippen MR) is 128 cm³/mol. The summed E-state index contributed by atoms with van der Waals surface area (Å²) in [5.41, 5.74) is 6.62. The van der Waals surface area contributed by atoms with Crippen molar-refractivity contribution in [2.24, 2.45) is 0 Å². The van der Waals surface area contributed by atoms with Crippen LogP contribution in [0.3, 0.4) is 0 Å². The van der Waals surface area contributed by atoms with Gasteiger partial charge in [0.15, 0.2) is 0 Å². The first kappa shape index (κ1) is 22.6. The van der Waals surface area contributed by atoms with E-state index < -0.39 is 0 Å². The molecule has 33 heavy (non-hydrogen) atoms. The molecule has 0 aliphatic carbocycles. The zero-order chi connectivity index (χ0) is 23.5. The zero-order valence-corrected chi connectivity index (χ0v) is 19.7. The van der Waals surface area contributed by atoms with Crippen molar-refractivity contribution >= 4 is 12.0 Å². The van der Waals surface area contributed by atoms with Crippen LogP contribution in [0.1, 0.15) is 34.1 Å². The number of hydrogen-bond acceptors (Lipinski definition) is 4. The molecule has 2 heterocycles. The molecule has 1 aromatic heterocycles. The maximum absolute atomic E-state index is 13.6. The Kier molecular flexibility index (Phi) is 6.49. The number of benzene rings is 2. The van der Waals surface area contributed by atoms with Gasteiger partial charge in [0, 0.05) is 31.7 Å². The van der Waals surface area contributed by atoms with Gasteiger partial charge in [0.2, 0.25) is 0 Å².